The number of imidazole rings is 1. The number of nitrogens with one attached hydrogen (secondary N) is 1. The van der Waals surface area contributed by atoms with E-state index in [9.17, 15) is 5.26 Å². The number of anilines is 3. The lowest BCUT2D eigenvalue weighted by molar-refractivity contribution is 0.855. The van der Waals surface area contributed by atoms with Crippen LogP contribution in [0.4, 0.5) is 17.2 Å². The Kier molecular flexibility index (Phi) is 3.63. The number of hydrogen-bond acceptors (Lipinski definition) is 9. The highest BCUT2D eigenvalue weighted by atomic mass is 15.3. The van der Waals surface area contributed by atoms with Crippen LogP contribution in [0, 0.1) is 11.3 Å². The Labute approximate surface area is 162 Å². The molecule has 0 unspecified atom stereocenters. The van der Waals surface area contributed by atoms with Crippen molar-refractivity contribution in [2.45, 2.75) is 0 Å². The number of hydrogen-bond donors (Lipinski definition) is 2. The number of fused-ring (bicyclic) bond motifs is 1. The molecule has 12 heteroatoms. The fraction of sp³-hybridized carbons (Fsp3) is 0. The third-order valence-electron chi connectivity index (χ3n) is 4.15. The van der Waals surface area contributed by atoms with Crippen molar-refractivity contribution in [3.8, 4) is 17.4 Å². The van der Waals surface area contributed by atoms with Gasteiger partial charge in [-0.15, -0.1) is 5.10 Å². The molecule has 1 aromatic carbocycles. The van der Waals surface area contributed by atoms with Crippen molar-refractivity contribution < 1.29 is 0 Å². The largest absolute Gasteiger partial charge is 0.396 e. The molecule has 4 heterocycles. The molecule has 4 aromatic heterocycles. The summed E-state index contributed by atoms with van der Waals surface area (Å²) in [6.45, 7) is 0. The van der Waals surface area contributed by atoms with Crippen LogP contribution in [0.25, 0.3) is 17.0 Å². The van der Waals surface area contributed by atoms with E-state index in [1.807, 2.05) is 24.3 Å². The van der Waals surface area contributed by atoms with Crippen LogP contribution >= 0.6 is 0 Å². The average molecular weight is 384 g/mol. The van der Waals surface area contributed by atoms with E-state index in [2.05, 4.69) is 35.6 Å². The van der Waals surface area contributed by atoms with E-state index in [-0.39, 0.29) is 5.69 Å². The van der Waals surface area contributed by atoms with Gasteiger partial charge in [0.25, 0.3) is 0 Å². The quantitative estimate of drug-likeness (QED) is 0.463. The first-order chi connectivity index (χ1) is 14.2. The van der Waals surface area contributed by atoms with Gasteiger partial charge >= 0.3 is 0 Å². The lowest BCUT2D eigenvalue weighted by atomic mass is 10.2. The number of nitrogens with two attached hydrogens (primary N) is 1. The van der Waals surface area contributed by atoms with Gasteiger partial charge < -0.3 is 11.1 Å². The summed E-state index contributed by atoms with van der Waals surface area (Å²) in [5.74, 6) is 0.449. The fourth-order valence-electron chi connectivity index (χ4n) is 2.89. The minimum Gasteiger partial charge on any atom is -0.396 e. The average Bonchev–Trinajstić information content (AvgIpc) is 3.48. The van der Waals surface area contributed by atoms with Gasteiger partial charge in [0.1, 0.15) is 31.4 Å². The van der Waals surface area contributed by atoms with Gasteiger partial charge in [0.05, 0.1) is 23.3 Å². The van der Waals surface area contributed by atoms with E-state index in [4.69, 9.17) is 5.73 Å². The van der Waals surface area contributed by atoms with Gasteiger partial charge in [-0.2, -0.15) is 20.0 Å². The number of aromatic nitrogens is 9. The highest BCUT2D eigenvalue weighted by Crippen LogP contribution is 2.24. The van der Waals surface area contributed by atoms with Crippen molar-refractivity contribution in [2.24, 2.45) is 0 Å². The molecule has 0 bridgehead atoms. The van der Waals surface area contributed by atoms with E-state index in [1.165, 1.54) is 23.4 Å². The van der Waals surface area contributed by atoms with Gasteiger partial charge in [0.15, 0.2) is 17.2 Å². The molecule has 140 valence electrons. The Morgan fingerprint density at radius 2 is 1.66 bits per heavy atom. The van der Waals surface area contributed by atoms with Gasteiger partial charge in [-0.05, 0) is 18.2 Å². The molecular formula is C17H12N12. The maximum Gasteiger partial charge on any atom is 0.178 e. The van der Waals surface area contributed by atoms with Crippen LogP contribution in [-0.4, -0.2) is 44.1 Å². The van der Waals surface area contributed by atoms with E-state index >= 15 is 0 Å². The molecule has 0 saturated heterocycles. The van der Waals surface area contributed by atoms with Crippen molar-refractivity contribution >= 4 is 22.8 Å². The van der Waals surface area contributed by atoms with Crippen LogP contribution in [0.2, 0.25) is 0 Å². The molecule has 0 aliphatic carbocycles. The Balaban J connectivity index is 1.61. The lowest BCUT2D eigenvalue weighted by Crippen LogP contribution is -2.05. The lowest BCUT2D eigenvalue weighted by Gasteiger charge is -2.12. The first-order valence-corrected chi connectivity index (χ1v) is 8.38. The van der Waals surface area contributed by atoms with Gasteiger partial charge in [0.2, 0.25) is 0 Å². The second-order valence-electron chi connectivity index (χ2n) is 6.02. The Bertz CT molecular complexity index is 1290. The minimum absolute atomic E-state index is 0.287. The predicted molar refractivity (Wildman–Crippen MR) is 102 cm³/mol. The zero-order valence-corrected chi connectivity index (χ0v) is 14.7. The fourth-order valence-corrected chi connectivity index (χ4v) is 2.89. The monoisotopic (exact) mass is 384 g/mol. The Morgan fingerprint density at radius 1 is 0.966 bits per heavy atom. The summed E-state index contributed by atoms with van der Waals surface area (Å²) in [6.07, 6.45) is 7.52. The van der Waals surface area contributed by atoms with Crippen LogP contribution in [-0.2, 0) is 0 Å². The molecule has 0 saturated carbocycles. The number of nitrogen functional groups attached to an aromatic ring is 1. The third-order valence-corrected chi connectivity index (χ3v) is 4.15. The van der Waals surface area contributed by atoms with Crippen LogP contribution in [0.15, 0.2) is 55.8 Å². The van der Waals surface area contributed by atoms with Crippen molar-refractivity contribution in [1.29, 1.82) is 5.26 Å². The molecule has 0 atom stereocenters. The van der Waals surface area contributed by atoms with Crippen molar-refractivity contribution in [3.05, 3.63) is 61.5 Å². The molecule has 12 nitrogen and oxygen atoms in total. The Hall–Kier alpha value is -4.79. The maximum atomic E-state index is 9.24. The topological polar surface area (TPSA) is 153 Å². The number of nitrogens with zero attached hydrogens (tertiary/aromatic N) is 10. The SMILES string of the molecule is N#Cc1cnc2c(N)cc(Nc3cc(-n4cncn4)cc(-n4cncn4)c3)nn12. The molecule has 5 rings (SSSR count). The summed E-state index contributed by atoms with van der Waals surface area (Å²) in [5.41, 5.74) is 9.40. The van der Waals surface area contributed by atoms with Crippen LogP contribution in [0.3, 0.4) is 0 Å². The van der Waals surface area contributed by atoms with E-state index < -0.39 is 0 Å². The molecule has 0 radical (unpaired) electrons. The van der Waals surface area contributed by atoms with E-state index in [0.717, 1.165) is 11.4 Å². The van der Waals surface area contributed by atoms with Gasteiger partial charge in [-0.3, -0.25) is 0 Å². The first-order valence-electron chi connectivity index (χ1n) is 8.38. The first kappa shape index (κ1) is 16.4. The number of nitriles is 1. The molecular weight excluding hydrogens is 372 g/mol. The van der Waals surface area contributed by atoms with Crippen LogP contribution in [0.1, 0.15) is 5.69 Å². The second-order valence-corrected chi connectivity index (χ2v) is 6.02. The highest BCUT2D eigenvalue weighted by molar-refractivity contribution is 5.71. The van der Waals surface area contributed by atoms with E-state index in [0.29, 0.717) is 22.8 Å². The summed E-state index contributed by atoms with van der Waals surface area (Å²) in [6, 6.07) is 9.33. The zero-order valence-electron chi connectivity index (χ0n) is 14.7. The van der Waals surface area contributed by atoms with Gasteiger partial charge in [0, 0.05) is 11.8 Å². The maximum absolute atomic E-state index is 9.24. The smallest absolute Gasteiger partial charge is 0.178 e. The summed E-state index contributed by atoms with van der Waals surface area (Å²) in [5, 5.41) is 25.2. The molecule has 0 aliphatic rings. The van der Waals surface area contributed by atoms with Crippen LogP contribution < -0.4 is 11.1 Å². The minimum atomic E-state index is 0.287. The normalized spacial score (nSPS) is 10.9. The van der Waals surface area contributed by atoms with Crippen molar-refractivity contribution in [2.75, 3.05) is 11.1 Å². The van der Waals surface area contributed by atoms with Crippen LogP contribution in [0.5, 0.6) is 0 Å². The molecule has 5 aromatic rings. The summed E-state index contributed by atoms with van der Waals surface area (Å²) in [7, 11) is 0. The standard InChI is InChI=1S/C17H12N12/c18-5-14-6-22-17-15(19)4-16(26-29(14)17)25-11-1-12(27-9-20-7-23-27)3-13(2-11)28-10-21-8-24-28/h1-4,6-10H,19H2,(H,25,26). The summed E-state index contributed by atoms with van der Waals surface area (Å²) < 4.78 is 4.65. The molecule has 0 aliphatic heterocycles. The molecule has 29 heavy (non-hydrogen) atoms. The molecule has 3 N–H and O–H groups in total. The predicted octanol–water partition coefficient (Wildman–Crippen LogP) is 1.09. The molecule has 0 fully saturated rings. The number of benzene rings is 1. The molecule has 0 spiro atoms. The van der Waals surface area contributed by atoms with Crippen molar-refractivity contribution in [3.63, 3.8) is 0 Å². The summed E-state index contributed by atoms with van der Waals surface area (Å²) in [4.78, 5) is 12.1. The highest BCUT2D eigenvalue weighted by Gasteiger charge is 2.11. The van der Waals surface area contributed by atoms with Gasteiger partial charge in [-0.1, -0.05) is 0 Å². The zero-order chi connectivity index (χ0) is 19.8. The van der Waals surface area contributed by atoms with Gasteiger partial charge in [-0.25, -0.2) is 24.3 Å². The second kappa shape index (κ2) is 6.43. The van der Waals surface area contributed by atoms with E-state index in [1.54, 1.807) is 28.1 Å². The molecule has 0 amide bonds. The van der Waals surface area contributed by atoms with Crippen molar-refractivity contribution in [1.82, 2.24) is 44.1 Å². The summed E-state index contributed by atoms with van der Waals surface area (Å²) >= 11 is 0. The third kappa shape index (κ3) is 2.88. The number of rotatable bonds is 4. The Morgan fingerprint density at radius 3 is 2.24 bits per heavy atom.